The van der Waals surface area contributed by atoms with E-state index in [1.165, 1.54) is 5.56 Å². The molecule has 24 heavy (non-hydrogen) atoms. The molecule has 1 heterocycles. The van der Waals surface area contributed by atoms with E-state index in [1.807, 2.05) is 26.0 Å². The van der Waals surface area contributed by atoms with Gasteiger partial charge in [-0.2, -0.15) is 0 Å². The number of rotatable bonds is 2. The maximum Gasteiger partial charge on any atom is 0.145 e. The van der Waals surface area contributed by atoms with Crippen molar-refractivity contribution in [1.82, 2.24) is 9.55 Å². The van der Waals surface area contributed by atoms with Crippen LogP contribution in [0.25, 0.3) is 28.1 Å². The molecule has 2 heteroatoms. The number of hydrogen-bond donors (Lipinski definition) is 0. The molecule has 2 nitrogen and oxygen atoms in total. The molecule has 0 amide bonds. The molecular weight excluding hydrogens is 292 g/mol. The Morgan fingerprint density at radius 3 is 2.21 bits per heavy atom. The van der Waals surface area contributed by atoms with Crippen LogP contribution < -0.4 is 0 Å². The second-order valence-corrected chi connectivity index (χ2v) is 5.46. The smallest absolute Gasteiger partial charge is 0.145 e. The van der Waals surface area contributed by atoms with Crippen LogP contribution in [-0.2, 0) is 0 Å². The fourth-order valence-corrected chi connectivity index (χ4v) is 2.84. The van der Waals surface area contributed by atoms with Crippen LogP contribution in [0.15, 0.2) is 78.9 Å². The number of imidazole rings is 1. The van der Waals surface area contributed by atoms with Crippen LogP contribution in [0.1, 0.15) is 19.4 Å². The highest BCUT2D eigenvalue weighted by molar-refractivity contribution is 5.83. The van der Waals surface area contributed by atoms with E-state index in [-0.39, 0.29) is 0 Å². The molecule has 4 aromatic rings. The van der Waals surface area contributed by atoms with Gasteiger partial charge in [0.15, 0.2) is 0 Å². The Morgan fingerprint density at radius 1 is 0.750 bits per heavy atom. The zero-order chi connectivity index (χ0) is 16.9. The molecule has 0 spiro atoms. The molecule has 0 aliphatic carbocycles. The van der Waals surface area contributed by atoms with Crippen molar-refractivity contribution in [3.05, 3.63) is 84.4 Å². The van der Waals surface area contributed by atoms with Gasteiger partial charge in [0.1, 0.15) is 5.82 Å². The van der Waals surface area contributed by atoms with Gasteiger partial charge in [0.25, 0.3) is 0 Å². The van der Waals surface area contributed by atoms with Gasteiger partial charge in [-0.25, -0.2) is 4.98 Å². The number of aromatic nitrogens is 2. The molecule has 0 bridgehead atoms. The quantitative estimate of drug-likeness (QED) is 0.442. The van der Waals surface area contributed by atoms with E-state index in [0.29, 0.717) is 0 Å². The standard InChI is InChI=1S/C20H16N2.C2H6/c1-15-8-7-9-16(14-15)20-21-18-12-5-6-13-19(18)22(20)17-10-3-2-4-11-17;1-2/h2-14H,1H3;1-2H3. The Balaban J connectivity index is 0.000000815. The van der Waals surface area contributed by atoms with Gasteiger partial charge in [0, 0.05) is 11.3 Å². The summed E-state index contributed by atoms with van der Waals surface area (Å²) in [6.45, 7) is 6.11. The number of benzene rings is 3. The van der Waals surface area contributed by atoms with Crippen LogP contribution in [0.3, 0.4) is 0 Å². The number of para-hydroxylation sites is 3. The first kappa shape index (κ1) is 16.0. The minimum absolute atomic E-state index is 0.983. The largest absolute Gasteiger partial charge is 0.292 e. The molecule has 120 valence electrons. The van der Waals surface area contributed by atoms with E-state index in [4.69, 9.17) is 4.98 Å². The minimum atomic E-state index is 0.983. The van der Waals surface area contributed by atoms with Crippen LogP contribution >= 0.6 is 0 Å². The van der Waals surface area contributed by atoms with Crippen molar-refractivity contribution < 1.29 is 0 Å². The third-order valence-corrected chi connectivity index (χ3v) is 3.85. The molecule has 0 aliphatic heterocycles. The third kappa shape index (κ3) is 2.95. The predicted octanol–water partition coefficient (Wildman–Crippen LogP) is 6.03. The summed E-state index contributed by atoms with van der Waals surface area (Å²) in [5.41, 5.74) is 5.66. The Morgan fingerprint density at radius 2 is 1.46 bits per heavy atom. The lowest BCUT2D eigenvalue weighted by atomic mass is 10.1. The fourth-order valence-electron chi connectivity index (χ4n) is 2.84. The van der Waals surface area contributed by atoms with E-state index < -0.39 is 0 Å². The molecule has 0 aliphatic rings. The summed E-state index contributed by atoms with van der Waals surface area (Å²) in [5, 5.41) is 0. The second kappa shape index (κ2) is 7.14. The normalized spacial score (nSPS) is 10.3. The topological polar surface area (TPSA) is 17.8 Å². The highest BCUT2D eigenvalue weighted by Crippen LogP contribution is 2.28. The molecule has 0 saturated carbocycles. The zero-order valence-electron chi connectivity index (χ0n) is 14.4. The van der Waals surface area contributed by atoms with Gasteiger partial charge >= 0.3 is 0 Å². The summed E-state index contributed by atoms with van der Waals surface area (Å²) in [6, 6.07) is 27.2. The molecular formula is C22H22N2. The number of aryl methyl sites for hydroxylation is 1. The van der Waals surface area contributed by atoms with Gasteiger partial charge in [0.2, 0.25) is 0 Å². The van der Waals surface area contributed by atoms with Gasteiger partial charge < -0.3 is 0 Å². The zero-order valence-corrected chi connectivity index (χ0v) is 14.4. The van der Waals surface area contributed by atoms with E-state index >= 15 is 0 Å². The number of hydrogen-bond acceptors (Lipinski definition) is 1. The van der Waals surface area contributed by atoms with Crippen molar-refractivity contribution in [3.8, 4) is 17.1 Å². The summed E-state index contributed by atoms with van der Waals surface area (Å²) in [7, 11) is 0. The van der Waals surface area contributed by atoms with E-state index in [9.17, 15) is 0 Å². The van der Waals surface area contributed by atoms with Gasteiger partial charge in [-0.3, -0.25) is 4.57 Å². The highest BCUT2D eigenvalue weighted by atomic mass is 15.1. The molecule has 0 radical (unpaired) electrons. The van der Waals surface area contributed by atoms with Crippen molar-refractivity contribution >= 4 is 11.0 Å². The van der Waals surface area contributed by atoms with Crippen LogP contribution in [0.2, 0.25) is 0 Å². The SMILES string of the molecule is CC.Cc1cccc(-c2nc3ccccc3n2-c2ccccc2)c1. The maximum absolute atomic E-state index is 4.86. The van der Waals surface area contributed by atoms with Crippen molar-refractivity contribution in [1.29, 1.82) is 0 Å². The van der Waals surface area contributed by atoms with Crippen LogP contribution in [-0.4, -0.2) is 9.55 Å². The third-order valence-electron chi connectivity index (χ3n) is 3.85. The second-order valence-electron chi connectivity index (χ2n) is 5.46. The van der Waals surface area contributed by atoms with Crippen molar-refractivity contribution in [3.63, 3.8) is 0 Å². The number of fused-ring (bicyclic) bond motifs is 1. The summed E-state index contributed by atoms with van der Waals surface area (Å²) in [6.07, 6.45) is 0. The average molecular weight is 314 g/mol. The Kier molecular flexibility index (Phi) is 4.76. The Hall–Kier alpha value is -2.87. The van der Waals surface area contributed by atoms with Gasteiger partial charge in [0.05, 0.1) is 11.0 Å². The maximum atomic E-state index is 4.86. The Labute approximate surface area is 143 Å². The van der Waals surface area contributed by atoms with Gasteiger partial charge in [-0.1, -0.05) is 67.9 Å². The molecule has 1 aromatic heterocycles. The fraction of sp³-hybridized carbons (Fsp3) is 0.136. The monoisotopic (exact) mass is 314 g/mol. The first-order chi connectivity index (χ1) is 11.8. The molecule has 3 aromatic carbocycles. The van der Waals surface area contributed by atoms with Crippen molar-refractivity contribution in [2.45, 2.75) is 20.8 Å². The summed E-state index contributed by atoms with van der Waals surface area (Å²) in [5.74, 6) is 0.983. The molecule has 0 saturated heterocycles. The van der Waals surface area contributed by atoms with Crippen LogP contribution in [0.5, 0.6) is 0 Å². The lowest BCUT2D eigenvalue weighted by molar-refractivity contribution is 1.10. The van der Waals surface area contributed by atoms with Gasteiger partial charge in [-0.05, 0) is 37.3 Å². The molecule has 0 N–H and O–H groups in total. The van der Waals surface area contributed by atoms with Crippen LogP contribution in [0, 0.1) is 6.92 Å². The van der Waals surface area contributed by atoms with Crippen LogP contribution in [0.4, 0.5) is 0 Å². The molecule has 0 unspecified atom stereocenters. The number of nitrogens with zero attached hydrogens (tertiary/aromatic N) is 2. The lowest BCUT2D eigenvalue weighted by Crippen LogP contribution is -1.97. The average Bonchev–Trinajstić information content (AvgIpc) is 3.04. The summed E-state index contributed by atoms with van der Waals surface area (Å²) in [4.78, 5) is 4.86. The van der Waals surface area contributed by atoms with E-state index in [2.05, 4.69) is 78.2 Å². The van der Waals surface area contributed by atoms with E-state index in [1.54, 1.807) is 0 Å². The summed E-state index contributed by atoms with van der Waals surface area (Å²) < 4.78 is 2.23. The lowest BCUT2D eigenvalue weighted by Gasteiger charge is -2.09. The first-order valence-electron chi connectivity index (χ1n) is 8.43. The van der Waals surface area contributed by atoms with E-state index in [0.717, 1.165) is 28.1 Å². The van der Waals surface area contributed by atoms with Crippen molar-refractivity contribution in [2.24, 2.45) is 0 Å². The Bertz CT molecular complexity index is 937. The molecule has 0 fully saturated rings. The first-order valence-corrected chi connectivity index (χ1v) is 8.43. The minimum Gasteiger partial charge on any atom is -0.292 e. The predicted molar refractivity (Wildman–Crippen MR) is 103 cm³/mol. The molecule has 4 rings (SSSR count). The summed E-state index contributed by atoms with van der Waals surface area (Å²) >= 11 is 0. The highest BCUT2D eigenvalue weighted by Gasteiger charge is 2.13. The molecule has 0 atom stereocenters. The van der Waals surface area contributed by atoms with Crippen molar-refractivity contribution in [2.75, 3.05) is 0 Å². The van der Waals surface area contributed by atoms with Gasteiger partial charge in [-0.15, -0.1) is 0 Å².